The van der Waals surface area contributed by atoms with Gasteiger partial charge in [0.25, 0.3) is 0 Å². The average Bonchev–Trinajstić information content (AvgIpc) is 2.17. The quantitative estimate of drug-likeness (QED) is 0.831. The second-order valence-electron chi connectivity index (χ2n) is 3.14. The second kappa shape index (κ2) is 5.35. The zero-order valence-corrected chi connectivity index (χ0v) is 9.81. The molecule has 0 amide bonds. The van der Waals surface area contributed by atoms with E-state index in [2.05, 4.69) is 10.5 Å². The molecule has 0 saturated heterocycles. The van der Waals surface area contributed by atoms with Gasteiger partial charge in [0.1, 0.15) is 12.5 Å². The SMILES string of the molecule is COC(=O)C[C@@H]([NH3+])c1ccc(Cl)cc1Cl. The van der Waals surface area contributed by atoms with E-state index in [0.29, 0.717) is 10.0 Å². The Labute approximate surface area is 98.1 Å². The third kappa shape index (κ3) is 3.38. The van der Waals surface area contributed by atoms with Crippen LogP contribution in [0.3, 0.4) is 0 Å². The van der Waals surface area contributed by atoms with E-state index in [-0.39, 0.29) is 18.4 Å². The number of ether oxygens (including phenoxy) is 1. The van der Waals surface area contributed by atoms with Crippen LogP contribution in [0.1, 0.15) is 18.0 Å². The first-order valence-electron chi connectivity index (χ1n) is 4.39. The van der Waals surface area contributed by atoms with Crippen LogP contribution in [-0.2, 0) is 9.53 Å². The first kappa shape index (κ1) is 12.3. The maximum Gasteiger partial charge on any atom is 0.311 e. The Morgan fingerprint density at radius 2 is 2.20 bits per heavy atom. The normalized spacial score (nSPS) is 12.3. The smallest absolute Gasteiger partial charge is 0.311 e. The summed E-state index contributed by atoms with van der Waals surface area (Å²) < 4.78 is 4.56. The largest absolute Gasteiger partial charge is 0.469 e. The van der Waals surface area contributed by atoms with Crippen molar-refractivity contribution in [3.05, 3.63) is 33.8 Å². The minimum atomic E-state index is -0.305. The van der Waals surface area contributed by atoms with Crippen molar-refractivity contribution < 1.29 is 15.3 Å². The highest BCUT2D eigenvalue weighted by atomic mass is 35.5. The minimum Gasteiger partial charge on any atom is -0.469 e. The fourth-order valence-corrected chi connectivity index (χ4v) is 1.79. The number of carbonyl (C=O) groups excluding carboxylic acids is 1. The van der Waals surface area contributed by atoms with E-state index in [0.717, 1.165) is 5.56 Å². The molecule has 1 atom stereocenters. The second-order valence-corrected chi connectivity index (χ2v) is 3.99. The van der Waals surface area contributed by atoms with Crippen LogP contribution >= 0.6 is 23.2 Å². The molecule has 0 unspecified atom stereocenters. The number of benzene rings is 1. The van der Waals surface area contributed by atoms with Gasteiger partial charge in [0.05, 0.1) is 12.1 Å². The molecule has 0 saturated carbocycles. The van der Waals surface area contributed by atoms with E-state index < -0.39 is 0 Å². The molecule has 15 heavy (non-hydrogen) atoms. The fraction of sp³-hybridized carbons (Fsp3) is 0.300. The van der Waals surface area contributed by atoms with E-state index in [1.54, 1.807) is 18.2 Å². The van der Waals surface area contributed by atoms with Gasteiger partial charge in [-0.3, -0.25) is 4.79 Å². The first-order chi connectivity index (χ1) is 7.04. The van der Waals surface area contributed by atoms with Gasteiger partial charge in [-0.05, 0) is 12.1 Å². The lowest BCUT2D eigenvalue weighted by Crippen LogP contribution is -2.54. The highest BCUT2D eigenvalue weighted by molar-refractivity contribution is 6.35. The van der Waals surface area contributed by atoms with Gasteiger partial charge >= 0.3 is 5.97 Å². The van der Waals surface area contributed by atoms with Gasteiger partial charge in [0.15, 0.2) is 0 Å². The van der Waals surface area contributed by atoms with Crippen LogP contribution < -0.4 is 5.73 Å². The third-order valence-corrected chi connectivity index (χ3v) is 2.61. The summed E-state index contributed by atoms with van der Waals surface area (Å²) in [5, 5.41) is 1.08. The molecule has 0 aliphatic rings. The molecule has 0 bridgehead atoms. The third-order valence-electron chi connectivity index (χ3n) is 2.04. The Morgan fingerprint density at radius 1 is 1.53 bits per heavy atom. The van der Waals surface area contributed by atoms with Crippen molar-refractivity contribution in [2.75, 3.05) is 7.11 Å². The highest BCUT2D eigenvalue weighted by Gasteiger charge is 2.18. The zero-order chi connectivity index (χ0) is 11.4. The van der Waals surface area contributed by atoms with Gasteiger partial charge in [-0.1, -0.05) is 29.3 Å². The fourth-order valence-electron chi connectivity index (χ4n) is 1.23. The lowest BCUT2D eigenvalue weighted by molar-refractivity contribution is -0.425. The summed E-state index contributed by atoms with van der Waals surface area (Å²) in [6.45, 7) is 0. The monoisotopic (exact) mass is 248 g/mol. The van der Waals surface area contributed by atoms with E-state index >= 15 is 0 Å². The number of quaternary nitrogens is 1. The van der Waals surface area contributed by atoms with E-state index in [4.69, 9.17) is 23.2 Å². The van der Waals surface area contributed by atoms with Crippen LogP contribution in [-0.4, -0.2) is 13.1 Å². The maximum absolute atomic E-state index is 11.0. The summed E-state index contributed by atoms with van der Waals surface area (Å²) in [5.74, 6) is -0.305. The number of halogens is 2. The predicted molar refractivity (Wildman–Crippen MR) is 58.7 cm³/mol. The lowest BCUT2D eigenvalue weighted by atomic mass is 10.1. The molecule has 0 radical (unpaired) electrons. The first-order valence-corrected chi connectivity index (χ1v) is 5.15. The molecule has 0 fully saturated rings. The van der Waals surface area contributed by atoms with Crippen molar-refractivity contribution in [2.24, 2.45) is 0 Å². The Hall–Kier alpha value is -0.770. The molecule has 3 N–H and O–H groups in total. The molecule has 3 nitrogen and oxygen atoms in total. The van der Waals surface area contributed by atoms with Crippen LogP contribution in [0.5, 0.6) is 0 Å². The molecule has 82 valence electrons. The Kier molecular flexibility index (Phi) is 4.39. The molecule has 0 aliphatic carbocycles. The van der Waals surface area contributed by atoms with Crippen molar-refractivity contribution >= 4 is 29.2 Å². The molecule has 5 heteroatoms. The molecule has 0 aromatic heterocycles. The molecule has 1 rings (SSSR count). The van der Waals surface area contributed by atoms with Crippen molar-refractivity contribution in [1.82, 2.24) is 0 Å². The Balaban J connectivity index is 2.82. The van der Waals surface area contributed by atoms with Crippen molar-refractivity contribution in [1.29, 1.82) is 0 Å². The Morgan fingerprint density at radius 3 is 2.73 bits per heavy atom. The molecule has 0 spiro atoms. The van der Waals surface area contributed by atoms with Gasteiger partial charge in [-0.15, -0.1) is 0 Å². The number of hydrogen-bond donors (Lipinski definition) is 1. The van der Waals surface area contributed by atoms with Crippen molar-refractivity contribution in [2.45, 2.75) is 12.5 Å². The summed E-state index contributed by atoms with van der Waals surface area (Å²) in [7, 11) is 1.35. The van der Waals surface area contributed by atoms with Gasteiger partial charge < -0.3 is 10.5 Å². The summed E-state index contributed by atoms with van der Waals surface area (Å²) in [4.78, 5) is 11.0. The van der Waals surface area contributed by atoms with Crippen LogP contribution in [0.25, 0.3) is 0 Å². The number of carbonyl (C=O) groups is 1. The summed E-state index contributed by atoms with van der Waals surface area (Å²) in [6.07, 6.45) is 0.206. The topological polar surface area (TPSA) is 53.9 Å². The van der Waals surface area contributed by atoms with Crippen molar-refractivity contribution in [3.63, 3.8) is 0 Å². The van der Waals surface area contributed by atoms with Crippen LogP contribution in [0.2, 0.25) is 10.0 Å². The number of esters is 1. The van der Waals surface area contributed by atoms with Crippen LogP contribution in [0.4, 0.5) is 0 Å². The summed E-state index contributed by atoms with van der Waals surface area (Å²) >= 11 is 11.7. The van der Waals surface area contributed by atoms with Gasteiger partial charge in [0, 0.05) is 10.6 Å². The standard InChI is InChI=1S/C10H11Cl2NO2/c1-15-10(14)5-9(13)7-3-2-6(11)4-8(7)12/h2-4,9H,5,13H2,1H3/p+1/t9-/m1/s1. The van der Waals surface area contributed by atoms with Gasteiger partial charge in [-0.25, -0.2) is 0 Å². The Bertz CT molecular complexity index is 368. The van der Waals surface area contributed by atoms with Gasteiger partial charge in [0.2, 0.25) is 0 Å². The number of rotatable bonds is 3. The van der Waals surface area contributed by atoms with Crippen LogP contribution in [0, 0.1) is 0 Å². The van der Waals surface area contributed by atoms with E-state index in [1.807, 2.05) is 0 Å². The number of methoxy groups -OCH3 is 1. The molecule has 0 heterocycles. The maximum atomic E-state index is 11.0. The van der Waals surface area contributed by atoms with E-state index in [9.17, 15) is 4.79 Å². The molecular formula is C10H12Cl2NO2+. The summed E-state index contributed by atoms with van der Waals surface area (Å²) in [5.41, 5.74) is 4.66. The molecule has 1 aromatic carbocycles. The average molecular weight is 249 g/mol. The predicted octanol–water partition coefficient (Wildman–Crippen LogP) is 1.84. The van der Waals surface area contributed by atoms with E-state index in [1.165, 1.54) is 7.11 Å². The molecule has 1 aromatic rings. The van der Waals surface area contributed by atoms with Gasteiger partial charge in [-0.2, -0.15) is 0 Å². The zero-order valence-electron chi connectivity index (χ0n) is 8.30. The van der Waals surface area contributed by atoms with Crippen LogP contribution in [0.15, 0.2) is 18.2 Å². The summed E-state index contributed by atoms with van der Waals surface area (Å²) in [6, 6.07) is 4.90. The molecular weight excluding hydrogens is 237 g/mol. The highest BCUT2D eigenvalue weighted by Crippen LogP contribution is 2.25. The molecule has 0 aliphatic heterocycles. The van der Waals surface area contributed by atoms with Crippen molar-refractivity contribution in [3.8, 4) is 0 Å². The number of hydrogen-bond acceptors (Lipinski definition) is 2. The lowest BCUT2D eigenvalue weighted by Gasteiger charge is -2.09. The minimum absolute atomic E-state index is 0.206.